The van der Waals surface area contributed by atoms with E-state index in [0.717, 1.165) is 53.7 Å². The molecule has 2 saturated heterocycles. The molecule has 8 nitrogen and oxygen atoms in total. The third-order valence-electron chi connectivity index (χ3n) is 7.57. The van der Waals surface area contributed by atoms with Crippen LogP contribution in [0.2, 0.25) is 0 Å². The summed E-state index contributed by atoms with van der Waals surface area (Å²) in [6.45, 7) is 3.75. The molecule has 1 aliphatic carbocycles. The van der Waals surface area contributed by atoms with Crippen molar-refractivity contribution in [3.05, 3.63) is 30.6 Å². The number of carbonyl (C=O) groups is 3. The number of aromatic nitrogens is 1. The molecule has 1 saturated carbocycles. The van der Waals surface area contributed by atoms with Gasteiger partial charge in [-0.25, -0.2) is 4.79 Å². The molecule has 1 aromatic carbocycles. The summed E-state index contributed by atoms with van der Waals surface area (Å²) in [7, 11) is 0. The Morgan fingerprint density at radius 3 is 2.73 bits per heavy atom. The van der Waals surface area contributed by atoms with E-state index in [1.807, 2.05) is 25.1 Å². The molecule has 33 heavy (non-hydrogen) atoms. The zero-order valence-corrected chi connectivity index (χ0v) is 19.1. The van der Waals surface area contributed by atoms with E-state index in [1.54, 1.807) is 12.4 Å². The molecule has 0 radical (unpaired) electrons. The predicted molar refractivity (Wildman–Crippen MR) is 127 cm³/mol. The van der Waals surface area contributed by atoms with Gasteiger partial charge in [-0.05, 0) is 56.2 Å². The second-order valence-corrected chi connectivity index (χ2v) is 9.59. The molecule has 174 valence electrons. The number of piperidine rings is 1. The highest BCUT2D eigenvalue weighted by Gasteiger charge is 2.55. The fourth-order valence-electron chi connectivity index (χ4n) is 5.67. The molecule has 2 aromatic rings. The van der Waals surface area contributed by atoms with Gasteiger partial charge in [-0.2, -0.15) is 0 Å². The number of hydrogen-bond donors (Lipinski definition) is 2. The van der Waals surface area contributed by atoms with E-state index in [9.17, 15) is 14.4 Å². The number of nitrogens with one attached hydrogen (secondary N) is 2. The molecule has 3 fully saturated rings. The normalized spacial score (nSPS) is 25.5. The summed E-state index contributed by atoms with van der Waals surface area (Å²) < 4.78 is 0. The number of pyridine rings is 1. The van der Waals surface area contributed by atoms with Gasteiger partial charge in [0, 0.05) is 41.9 Å². The van der Waals surface area contributed by atoms with Crippen molar-refractivity contribution in [1.29, 1.82) is 0 Å². The van der Waals surface area contributed by atoms with Crippen LogP contribution in [0, 0.1) is 5.92 Å². The van der Waals surface area contributed by atoms with Crippen molar-refractivity contribution in [3.63, 3.8) is 0 Å². The van der Waals surface area contributed by atoms with Gasteiger partial charge in [-0.15, -0.1) is 0 Å². The molecule has 8 heteroatoms. The number of imide groups is 1. The molecule has 2 N–H and O–H groups in total. The van der Waals surface area contributed by atoms with Crippen LogP contribution in [0.5, 0.6) is 0 Å². The Hall–Kier alpha value is -3.16. The van der Waals surface area contributed by atoms with Gasteiger partial charge in [0.2, 0.25) is 5.91 Å². The molecule has 5 rings (SSSR count). The van der Waals surface area contributed by atoms with Gasteiger partial charge in [0.05, 0.1) is 5.69 Å². The van der Waals surface area contributed by atoms with Crippen LogP contribution in [0.25, 0.3) is 10.8 Å². The second-order valence-electron chi connectivity index (χ2n) is 9.59. The average Bonchev–Trinajstić information content (AvgIpc) is 3.06. The van der Waals surface area contributed by atoms with Gasteiger partial charge in [0.25, 0.3) is 5.91 Å². The van der Waals surface area contributed by atoms with E-state index in [1.165, 1.54) is 19.3 Å². The summed E-state index contributed by atoms with van der Waals surface area (Å²) >= 11 is 0. The maximum absolute atomic E-state index is 13.2. The van der Waals surface area contributed by atoms with Crippen LogP contribution in [0.1, 0.15) is 51.9 Å². The van der Waals surface area contributed by atoms with E-state index in [-0.39, 0.29) is 18.4 Å². The smallest absolute Gasteiger partial charge is 0.325 e. The first kappa shape index (κ1) is 21.7. The van der Waals surface area contributed by atoms with Crippen molar-refractivity contribution >= 4 is 40.0 Å². The Balaban J connectivity index is 1.35. The van der Waals surface area contributed by atoms with Gasteiger partial charge in [0.1, 0.15) is 12.1 Å². The number of benzene rings is 1. The average molecular weight is 450 g/mol. The van der Waals surface area contributed by atoms with Gasteiger partial charge >= 0.3 is 6.03 Å². The van der Waals surface area contributed by atoms with Crippen LogP contribution in [0.4, 0.5) is 16.2 Å². The molecular formula is C25H31N5O3. The molecule has 0 unspecified atom stereocenters. The number of anilines is 2. The van der Waals surface area contributed by atoms with Crippen LogP contribution >= 0.6 is 0 Å². The van der Waals surface area contributed by atoms with E-state index in [0.29, 0.717) is 12.1 Å². The Morgan fingerprint density at radius 2 is 1.94 bits per heavy atom. The van der Waals surface area contributed by atoms with Gasteiger partial charge in [-0.1, -0.05) is 19.8 Å². The number of hydrogen-bond acceptors (Lipinski definition) is 5. The summed E-state index contributed by atoms with van der Waals surface area (Å²) in [5.74, 6) is -0.607. The first-order valence-electron chi connectivity index (χ1n) is 12.1. The monoisotopic (exact) mass is 449 g/mol. The number of carbonyl (C=O) groups excluding carboxylic acids is 3. The van der Waals surface area contributed by atoms with Crippen molar-refractivity contribution in [2.45, 2.75) is 57.4 Å². The SMILES string of the molecule is C[C@@H]1CCCC[C@]12NC(=O)N(CC(=O)Nc1ccc(N3CCCCC3)c3ccncc13)C2=O. The Labute approximate surface area is 193 Å². The summed E-state index contributed by atoms with van der Waals surface area (Å²) in [5, 5.41) is 7.70. The first-order chi connectivity index (χ1) is 16.0. The summed E-state index contributed by atoms with van der Waals surface area (Å²) in [4.78, 5) is 46.4. The van der Waals surface area contributed by atoms with Crippen LogP contribution in [-0.2, 0) is 9.59 Å². The molecule has 2 atom stereocenters. The third kappa shape index (κ3) is 3.81. The highest BCUT2D eigenvalue weighted by atomic mass is 16.2. The maximum atomic E-state index is 13.2. The molecule has 1 aromatic heterocycles. The molecular weight excluding hydrogens is 418 g/mol. The number of urea groups is 1. The van der Waals surface area contributed by atoms with Crippen molar-refractivity contribution in [3.8, 4) is 0 Å². The quantitative estimate of drug-likeness (QED) is 0.695. The minimum Gasteiger partial charge on any atom is -0.371 e. The maximum Gasteiger partial charge on any atom is 0.325 e. The lowest BCUT2D eigenvalue weighted by molar-refractivity contribution is -0.136. The topological polar surface area (TPSA) is 94.6 Å². The largest absolute Gasteiger partial charge is 0.371 e. The van der Waals surface area contributed by atoms with Crippen molar-refractivity contribution in [1.82, 2.24) is 15.2 Å². The highest BCUT2D eigenvalue weighted by Crippen LogP contribution is 2.38. The molecule has 0 bridgehead atoms. The fraction of sp³-hybridized carbons (Fsp3) is 0.520. The third-order valence-corrected chi connectivity index (χ3v) is 7.57. The van der Waals surface area contributed by atoms with Crippen LogP contribution < -0.4 is 15.5 Å². The van der Waals surface area contributed by atoms with Crippen molar-refractivity contribution in [2.24, 2.45) is 5.92 Å². The van der Waals surface area contributed by atoms with Crippen LogP contribution in [-0.4, -0.2) is 52.9 Å². The van der Waals surface area contributed by atoms with Crippen LogP contribution in [0.3, 0.4) is 0 Å². The molecule has 2 aliphatic heterocycles. The molecule has 1 spiro atoms. The summed E-state index contributed by atoms with van der Waals surface area (Å²) in [6, 6.07) is 5.43. The van der Waals surface area contributed by atoms with Gasteiger partial charge in [0.15, 0.2) is 0 Å². The zero-order chi connectivity index (χ0) is 23.0. The summed E-state index contributed by atoms with van der Waals surface area (Å²) in [5.41, 5.74) is 0.923. The lowest BCUT2D eigenvalue weighted by atomic mass is 9.73. The van der Waals surface area contributed by atoms with E-state index in [2.05, 4.69) is 20.5 Å². The first-order valence-corrected chi connectivity index (χ1v) is 12.1. The van der Waals surface area contributed by atoms with Crippen molar-refractivity contribution in [2.75, 3.05) is 29.9 Å². The van der Waals surface area contributed by atoms with Crippen LogP contribution in [0.15, 0.2) is 30.6 Å². The Morgan fingerprint density at radius 1 is 1.12 bits per heavy atom. The molecule has 3 heterocycles. The lowest BCUT2D eigenvalue weighted by Crippen LogP contribution is -2.54. The number of rotatable bonds is 4. The number of fused-ring (bicyclic) bond motifs is 1. The van der Waals surface area contributed by atoms with Gasteiger partial charge in [-0.3, -0.25) is 19.5 Å². The molecule has 3 aliphatic rings. The van der Waals surface area contributed by atoms with E-state index in [4.69, 9.17) is 0 Å². The fourth-order valence-corrected chi connectivity index (χ4v) is 5.67. The number of amides is 4. The minimum atomic E-state index is -0.859. The van der Waals surface area contributed by atoms with Crippen molar-refractivity contribution < 1.29 is 14.4 Å². The minimum absolute atomic E-state index is 0.0631. The highest BCUT2D eigenvalue weighted by molar-refractivity contribution is 6.12. The predicted octanol–water partition coefficient (Wildman–Crippen LogP) is 3.66. The summed E-state index contributed by atoms with van der Waals surface area (Å²) in [6.07, 6.45) is 10.6. The molecule has 4 amide bonds. The lowest BCUT2D eigenvalue weighted by Gasteiger charge is -2.36. The van der Waals surface area contributed by atoms with Gasteiger partial charge < -0.3 is 15.5 Å². The number of nitrogens with zero attached hydrogens (tertiary/aromatic N) is 3. The second kappa shape index (κ2) is 8.65. The van der Waals surface area contributed by atoms with E-state index >= 15 is 0 Å². The zero-order valence-electron chi connectivity index (χ0n) is 19.1. The Kier molecular flexibility index (Phi) is 5.68. The Bertz CT molecular complexity index is 1100. The standard InChI is InChI=1S/C25H31N5O3/c1-17-7-3-4-11-25(17)23(32)30(24(33)28-25)16-22(31)27-20-8-9-21(29-13-5-2-6-14-29)18-10-12-26-15-19(18)20/h8-10,12,15,17H,2-7,11,13-14,16H2,1H3,(H,27,31)(H,28,33)/t17-,25+/m1/s1. The van der Waals surface area contributed by atoms with E-state index < -0.39 is 17.5 Å².